The Kier molecular flexibility index (Phi) is 4.84. The highest BCUT2D eigenvalue weighted by molar-refractivity contribution is 9.11. The minimum Gasteiger partial charge on any atom is -0.392 e. The highest BCUT2D eigenvalue weighted by Crippen LogP contribution is 2.61. The minimum absolute atomic E-state index is 0.193. The Morgan fingerprint density at radius 1 is 1.03 bits per heavy atom. The molecule has 4 unspecified atom stereocenters. The Morgan fingerprint density at radius 3 is 2.42 bits per heavy atom. The van der Waals surface area contributed by atoms with Crippen LogP contribution in [0.2, 0.25) is 10.0 Å². The third-order valence-corrected chi connectivity index (χ3v) is 8.67. The maximum Gasteiger partial charge on any atom is 0.250 e. The van der Waals surface area contributed by atoms with Crippen LogP contribution in [-0.4, -0.2) is 46.4 Å². The summed E-state index contributed by atoms with van der Waals surface area (Å²) in [4.78, 5) is 44.3. The third kappa shape index (κ3) is 2.78. The van der Waals surface area contributed by atoms with Crippen molar-refractivity contribution in [2.24, 2.45) is 11.8 Å². The van der Waals surface area contributed by atoms with Crippen molar-refractivity contribution < 1.29 is 19.5 Å². The molecule has 0 saturated carbocycles. The van der Waals surface area contributed by atoms with Crippen LogP contribution in [0.25, 0.3) is 0 Å². The molecule has 2 aromatic rings. The maximum atomic E-state index is 13.9. The average molecular weight is 616 g/mol. The molecule has 6 rings (SSSR count). The van der Waals surface area contributed by atoms with E-state index in [1.807, 2.05) is 11.0 Å². The van der Waals surface area contributed by atoms with Crippen LogP contribution in [-0.2, 0) is 19.9 Å². The number of amides is 3. The summed E-state index contributed by atoms with van der Waals surface area (Å²) in [7, 11) is 0. The van der Waals surface area contributed by atoms with Crippen molar-refractivity contribution in [1.82, 2.24) is 4.90 Å². The van der Waals surface area contributed by atoms with Crippen LogP contribution in [0.5, 0.6) is 0 Å². The number of anilines is 2. The fraction of sp³-hybridized carbons (Fsp3) is 0.318. The van der Waals surface area contributed by atoms with Crippen molar-refractivity contribution in [1.29, 1.82) is 0 Å². The number of aliphatic hydroxyl groups is 1. The number of fused-ring (bicyclic) bond motifs is 7. The van der Waals surface area contributed by atoms with Gasteiger partial charge in [0.1, 0.15) is 5.54 Å². The first kappa shape index (κ1) is 22.0. The first-order chi connectivity index (χ1) is 15.6. The number of halogens is 4. The van der Waals surface area contributed by atoms with Crippen molar-refractivity contribution in [3.8, 4) is 0 Å². The number of nitrogens with one attached hydrogen (secondary N) is 1. The van der Waals surface area contributed by atoms with Crippen molar-refractivity contribution in [3.05, 3.63) is 54.9 Å². The van der Waals surface area contributed by atoms with Crippen LogP contribution in [0.4, 0.5) is 11.4 Å². The monoisotopic (exact) mass is 613 g/mol. The molecule has 170 valence electrons. The number of nitrogens with zero attached hydrogens (tertiary/aromatic N) is 2. The molecule has 3 saturated heterocycles. The molecular weight excluding hydrogens is 601 g/mol. The molecule has 11 heteroatoms. The van der Waals surface area contributed by atoms with E-state index in [1.54, 1.807) is 6.07 Å². The zero-order valence-corrected chi connectivity index (χ0v) is 21.4. The highest BCUT2D eigenvalue weighted by Gasteiger charge is 2.75. The van der Waals surface area contributed by atoms with Gasteiger partial charge in [0.25, 0.3) is 5.91 Å². The zero-order valence-electron chi connectivity index (χ0n) is 16.7. The van der Waals surface area contributed by atoms with Crippen LogP contribution in [0, 0.1) is 11.8 Å². The van der Waals surface area contributed by atoms with E-state index in [-0.39, 0.29) is 18.1 Å². The quantitative estimate of drug-likeness (QED) is 0.475. The van der Waals surface area contributed by atoms with Crippen LogP contribution in [0.15, 0.2) is 39.3 Å². The molecular formula is C22H15Br2Cl2N3O4. The molecule has 2 N–H and O–H groups in total. The Labute approximate surface area is 215 Å². The Morgan fingerprint density at radius 2 is 1.73 bits per heavy atom. The smallest absolute Gasteiger partial charge is 0.250 e. The van der Waals surface area contributed by atoms with E-state index in [0.717, 1.165) is 9.37 Å². The van der Waals surface area contributed by atoms with Gasteiger partial charge in [-0.3, -0.25) is 19.3 Å². The summed E-state index contributed by atoms with van der Waals surface area (Å²) in [6, 6.07) is 7.68. The summed E-state index contributed by atoms with van der Waals surface area (Å²) in [5, 5.41) is 14.0. The second-order valence-corrected chi connectivity index (χ2v) is 11.4. The van der Waals surface area contributed by atoms with Crippen LogP contribution < -0.4 is 10.2 Å². The number of rotatable bonds is 1. The number of benzene rings is 2. The van der Waals surface area contributed by atoms with E-state index in [1.165, 1.54) is 18.2 Å². The summed E-state index contributed by atoms with van der Waals surface area (Å²) >= 11 is 19.3. The normalized spacial score (nSPS) is 32.5. The molecule has 5 atom stereocenters. The molecule has 3 amide bonds. The van der Waals surface area contributed by atoms with E-state index >= 15 is 0 Å². The molecule has 4 aliphatic rings. The van der Waals surface area contributed by atoms with Gasteiger partial charge in [0, 0.05) is 37.1 Å². The van der Waals surface area contributed by atoms with Gasteiger partial charge < -0.3 is 10.4 Å². The largest absolute Gasteiger partial charge is 0.392 e. The van der Waals surface area contributed by atoms with Crippen LogP contribution in [0.3, 0.4) is 0 Å². The second-order valence-electron chi connectivity index (χ2n) is 8.78. The van der Waals surface area contributed by atoms with Crippen molar-refractivity contribution in [2.45, 2.75) is 24.1 Å². The molecule has 7 nitrogen and oxygen atoms in total. The SMILES string of the molecule is O=C1C2C3C[C@H](O)CN3C3(C(=O)Nc4c(Br)cc(Br)cc43)C2C(=O)N1c1cc(Cl)cc(Cl)c1. The number of aliphatic hydroxyl groups excluding tert-OH is 1. The van der Waals surface area contributed by atoms with E-state index in [4.69, 9.17) is 23.2 Å². The van der Waals surface area contributed by atoms with Gasteiger partial charge in [-0.05, 0) is 52.7 Å². The van der Waals surface area contributed by atoms with Gasteiger partial charge in [-0.15, -0.1) is 0 Å². The lowest BCUT2D eigenvalue weighted by molar-refractivity contribution is -0.135. The molecule has 4 heterocycles. The number of carbonyl (C=O) groups excluding carboxylic acids is 3. The van der Waals surface area contributed by atoms with Gasteiger partial charge in [0.05, 0.1) is 29.3 Å². The zero-order chi connectivity index (χ0) is 23.4. The van der Waals surface area contributed by atoms with Crippen LogP contribution >= 0.6 is 55.1 Å². The molecule has 33 heavy (non-hydrogen) atoms. The van der Waals surface area contributed by atoms with E-state index in [2.05, 4.69) is 37.2 Å². The summed E-state index contributed by atoms with van der Waals surface area (Å²) in [6.07, 6.45) is -0.415. The second kappa shape index (κ2) is 7.26. The maximum absolute atomic E-state index is 13.9. The number of imide groups is 1. The van der Waals surface area contributed by atoms with E-state index in [9.17, 15) is 19.5 Å². The Balaban J connectivity index is 1.58. The lowest BCUT2D eigenvalue weighted by Crippen LogP contribution is -2.54. The molecule has 3 fully saturated rings. The van der Waals surface area contributed by atoms with Gasteiger partial charge in [0.15, 0.2) is 0 Å². The number of carbonyl (C=O) groups is 3. The number of hydrogen-bond donors (Lipinski definition) is 2. The van der Waals surface area contributed by atoms with Gasteiger partial charge >= 0.3 is 0 Å². The lowest BCUT2D eigenvalue weighted by Gasteiger charge is -2.36. The van der Waals surface area contributed by atoms with Crippen molar-refractivity contribution >= 4 is 84.2 Å². The first-order valence-corrected chi connectivity index (χ1v) is 12.6. The minimum atomic E-state index is -1.42. The van der Waals surface area contributed by atoms with Crippen LogP contribution in [0.1, 0.15) is 12.0 Å². The van der Waals surface area contributed by atoms with E-state index in [0.29, 0.717) is 32.2 Å². The molecule has 0 bridgehead atoms. The van der Waals surface area contributed by atoms with Gasteiger partial charge in [-0.2, -0.15) is 0 Å². The standard InChI is InChI=1S/C22H15Br2Cl2N3O4/c23-8-1-13-18(14(24)2-8)27-21(33)22(13)17-16(15-6-12(30)7-28(15)22)19(31)29(20(17)32)11-4-9(25)3-10(26)5-11/h1-5,12,15-17,30H,6-7H2,(H,27,33)/t12-,15?,16?,17?,22?/m0/s1. The summed E-state index contributed by atoms with van der Waals surface area (Å²) in [6.45, 7) is 0.193. The molecule has 2 aromatic carbocycles. The summed E-state index contributed by atoms with van der Waals surface area (Å²) in [5.41, 5.74) is 0.0188. The van der Waals surface area contributed by atoms with E-state index < -0.39 is 41.3 Å². The lowest BCUT2D eigenvalue weighted by atomic mass is 9.75. The molecule has 4 aliphatic heterocycles. The summed E-state index contributed by atoms with van der Waals surface area (Å²) in [5.74, 6) is -3.02. The molecule has 0 aliphatic carbocycles. The Bertz CT molecular complexity index is 1270. The average Bonchev–Trinajstić information content (AvgIpc) is 3.37. The summed E-state index contributed by atoms with van der Waals surface area (Å²) < 4.78 is 1.38. The molecule has 0 aromatic heterocycles. The molecule has 0 radical (unpaired) electrons. The first-order valence-electron chi connectivity index (χ1n) is 10.2. The predicted molar refractivity (Wildman–Crippen MR) is 129 cm³/mol. The van der Waals surface area contributed by atoms with Gasteiger partial charge in [-0.25, -0.2) is 4.90 Å². The molecule has 1 spiro atoms. The fourth-order valence-corrected chi connectivity index (χ4v) is 7.97. The van der Waals surface area contributed by atoms with Crippen molar-refractivity contribution in [3.63, 3.8) is 0 Å². The highest BCUT2D eigenvalue weighted by atomic mass is 79.9. The van der Waals surface area contributed by atoms with Gasteiger partial charge in [-0.1, -0.05) is 39.1 Å². The van der Waals surface area contributed by atoms with Gasteiger partial charge in [0.2, 0.25) is 11.8 Å². The fourth-order valence-electron chi connectivity index (χ4n) is 6.14. The Hall–Kier alpha value is -1.49. The number of hydrogen-bond acceptors (Lipinski definition) is 5. The van der Waals surface area contributed by atoms with Crippen molar-refractivity contribution in [2.75, 3.05) is 16.8 Å². The predicted octanol–water partition coefficient (Wildman–Crippen LogP) is 3.92. The topological polar surface area (TPSA) is 90.0 Å². The third-order valence-electron chi connectivity index (χ3n) is 7.15.